The van der Waals surface area contributed by atoms with E-state index < -0.39 is 5.91 Å². The third kappa shape index (κ3) is 4.92. The standard InChI is InChI=1S/C20H22N4O/c1-3-16-8-5-9-17(4-2)19(16)23-14-18(11-21)20(25)24-13-15-7-6-10-22-12-15/h5-10,12,14,23H,3-4,13H2,1-2H3,(H,24,25)/b18-14-. The Morgan fingerprint density at radius 3 is 2.48 bits per heavy atom. The maximum absolute atomic E-state index is 12.2. The number of para-hydroxylation sites is 1. The first kappa shape index (κ1) is 18.2. The predicted octanol–water partition coefficient (Wildman–Crippen LogP) is 3.34. The molecule has 25 heavy (non-hydrogen) atoms. The van der Waals surface area contributed by atoms with Gasteiger partial charge in [-0.15, -0.1) is 0 Å². The topological polar surface area (TPSA) is 77.8 Å². The number of benzene rings is 1. The molecule has 5 nitrogen and oxygen atoms in total. The molecule has 0 saturated carbocycles. The second-order valence-corrected chi connectivity index (χ2v) is 5.52. The zero-order valence-corrected chi connectivity index (χ0v) is 14.5. The van der Waals surface area contributed by atoms with Gasteiger partial charge >= 0.3 is 0 Å². The van der Waals surface area contributed by atoms with E-state index in [4.69, 9.17) is 0 Å². The maximum atomic E-state index is 12.2. The smallest absolute Gasteiger partial charge is 0.263 e. The van der Waals surface area contributed by atoms with Gasteiger partial charge in [-0.05, 0) is 35.6 Å². The molecular formula is C20H22N4O. The van der Waals surface area contributed by atoms with Crippen LogP contribution in [0.5, 0.6) is 0 Å². The molecule has 128 valence electrons. The number of aryl methyl sites for hydroxylation is 2. The van der Waals surface area contributed by atoms with Gasteiger partial charge in [-0.2, -0.15) is 5.26 Å². The lowest BCUT2D eigenvalue weighted by Crippen LogP contribution is -2.24. The van der Waals surface area contributed by atoms with Crippen LogP contribution in [0.3, 0.4) is 0 Å². The summed E-state index contributed by atoms with van der Waals surface area (Å²) in [6, 6.07) is 11.7. The molecule has 2 rings (SSSR count). The average Bonchev–Trinajstić information content (AvgIpc) is 2.67. The van der Waals surface area contributed by atoms with Gasteiger partial charge in [-0.3, -0.25) is 9.78 Å². The fourth-order valence-electron chi connectivity index (χ4n) is 2.50. The molecule has 1 heterocycles. The Kier molecular flexibility index (Phi) is 6.73. The fraction of sp³-hybridized carbons (Fsp3) is 0.250. The lowest BCUT2D eigenvalue weighted by molar-refractivity contribution is -0.117. The van der Waals surface area contributed by atoms with Crippen LogP contribution in [-0.4, -0.2) is 10.9 Å². The van der Waals surface area contributed by atoms with Gasteiger partial charge in [0.05, 0.1) is 0 Å². The molecule has 0 aliphatic rings. The number of nitrogens with one attached hydrogen (secondary N) is 2. The summed E-state index contributed by atoms with van der Waals surface area (Å²) < 4.78 is 0. The third-order valence-electron chi connectivity index (χ3n) is 3.90. The number of pyridine rings is 1. The van der Waals surface area contributed by atoms with Crippen LogP contribution in [0, 0.1) is 11.3 Å². The van der Waals surface area contributed by atoms with Gasteiger partial charge < -0.3 is 10.6 Å². The zero-order valence-electron chi connectivity index (χ0n) is 14.5. The summed E-state index contributed by atoms with van der Waals surface area (Å²) in [6.07, 6.45) is 6.58. The lowest BCUT2D eigenvalue weighted by atomic mass is 10.0. The first-order valence-corrected chi connectivity index (χ1v) is 8.34. The molecule has 1 amide bonds. The van der Waals surface area contributed by atoms with E-state index in [1.54, 1.807) is 18.5 Å². The lowest BCUT2D eigenvalue weighted by Gasteiger charge is -2.13. The number of nitrogens with zero attached hydrogens (tertiary/aromatic N) is 2. The van der Waals surface area contributed by atoms with E-state index in [1.165, 1.54) is 6.20 Å². The zero-order chi connectivity index (χ0) is 18.1. The minimum absolute atomic E-state index is 0.0387. The van der Waals surface area contributed by atoms with E-state index in [9.17, 15) is 10.1 Å². The summed E-state index contributed by atoms with van der Waals surface area (Å²) in [7, 11) is 0. The van der Waals surface area contributed by atoms with Gasteiger partial charge in [-0.25, -0.2) is 0 Å². The van der Waals surface area contributed by atoms with Gasteiger partial charge in [0, 0.05) is 30.8 Å². The van der Waals surface area contributed by atoms with Crippen molar-refractivity contribution in [3.8, 4) is 6.07 Å². The number of amides is 1. The number of carbonyl (C=O) groups excluding carboxylic acids is 1. The minimum Gasteiger partial charge on any atom is -0.360 e. The maximum Gasteiger partial charge on any atom is 0.263 e. The fourth-order valence-corrected chi connectivity index (χ4v) is 2.50. The van der Waals surface area contributed by atoms with E-state index in [0.29, 0.717) is 6.54 Å². The molecular weight excluding hydrogens is 312 g/mol. The summed E-state index contributed by atoms with van der Waals surface area (Å²) in [4.78, 5) is 16.2. The summed E-state index contributed by atoms with van der Waals surface area (Å²) in [5, 5.41) is 15.2. The number of nitriles is 1. The number of carbonyl (C=O) groups is 1. The largest absolute Gasteiger partial charge is 0.360 e. The molecule has 5 heteroatoms. The first-order chi connectivity index (χ1) is 12.2. The monoisotopic (exact) mass is 334 g/mol. The van der Waals surface area contributed by atoms with Gasteiger partial charge in [0.1, 0.15) is 11.6 Å². The highest BCUT2D eigenvalue weighted by atomic mass is 16.1. The summed E-state index contributed by atoms with van der Waals surface area (Å²) in [5.74, 6) is -0.411. The van der Waals surface area contributed by atoms with E-state index in [0.717, 1.165) is 35.2 Å². The molecule has 1 aromatic carbocycles. The SMILES string of the molecule is CCc1cccc(CC)c1N/C=C(/C#N)C(=O)NCc1cccnc1. The van der Waals surface area contributed by atoms with Crippen molar-refractivity contribution < 1.29 is 4.79 Å². The van der Waals surface area contributed by atoms with Crippen molar-refractivity contribution in [2.45, 2.75) is 33.2 Å². The second kappa shape index (κ2) is 9.24. The van der Waals surface area contributed by atoms with Crippen LogP contribution >= 0.6 is 0 Å². The number of aromatic nitrogens is 1. The van der Waals surface area contributed by atoms with Gasteiger partial charge in [0.25, 0.3) is 5.91 Å². The Morgan fingerprint density at radius 2 is 1.92 bits per heavy atom. The molecule has 1 aromatic heterocycles. The highest BCUT2D eigenvalue weighted by Crippen LogP contribution is 2.22. The van der Waals surface area contributed by atoms with E-state index in [1.807, 2.05) is 30.3 Å². The van der Waals surface area contributed by atoms with Crippen LogP contribution in [0.4, 0.5) is 5.69 Å². The highest BCUT2D eigenvalue weighted by Gasteiger charge is 2.10. The minimum atomic E-state index is -0.411. The second-order valence-electron chi connectivity index (χ2n) is 5.52. The van der Waals surface area contributed by atoms with Crippen molar-refractivity contribution in [3.63, 3.8) is 0 Å². The molecule has 0 saturated heterocycles. The van der Waals surface area contributed by atoms with Crippen molar-refractivity contribution in [1.82, 2.24) is 10.3 Å². The average molecular weight is 334 g/mol. The third-order valence-corrected chi connectivity index (χ3v) is 3.90. The Morgan fingerprint density at radius 1 is 1.20 bits per heavy atom. The Labute approximate surface area is 148 Å². The van der Waals surface area contributed by atoms with Crippen LogP contribution in [0.15, 0.2) is 54.5 Å². The summed E-state index contributed by atoms with van der Waals surface area (Å²) in [5.41, 5.74) is 4.20. The van der Waals surface area contributed by atoms with E-state index in [-0.39, 0.29) is 5.57 Å². The van der Waals surface area contributed by atoms with E-state index >= 15 is 0 Å². The summed E-state index contributed by atoms with van der Waals surface area (Å²) >= 11 is 0. The van der Waals surface area contributed by atoms with Crippen molar-refractivity contribution in [3.05, 3.63) is 71.2 Å². The van der Waals surface area contributed by atoms with Crippen LogP contribution in [0.25, 0.3) is 0 Å². The molecule has 0 unspecified atom stereocenters. The summed E-state index contributed by atoms with van der Waals surface area (Å²) in [6.45, 7) is 4.49. The molecule has 0 radical (unpaired) electrons. The van der Waals surface area contributed by atoms with Crippen LogP contribution in [-0.2, 0) is 24.2 Å². The number of hydrogen-bond donors (Lipinski definition) is 2. The molecule has 2 aromatic rings. The first-order valence-electron chi connectivity index (χ1n) is 8.34. The van der Waals surface area contributed by atoms with Gasteiger partial charge in [0.2, 0.25) is 0 Å². The number of rotatable bonds is 7. The van der Waals surface area contributed by atoms with Crippen molar-refractivity contribution in [2.24, 2.45) is 0 Å². The molecule has 0 aliphatic carbocycles. The Balaban J connectivity index is 2.10. The van der Waals surface area contributed by atoms with Gasteiger partial charge in [-0.1, -0.05) is 38.1 Å². The van der Waals surface area contributed by atoms with Crippen molar-refractivity contribution in [1.29, 1.82) is 5.26 Å². The van der Waals surface area contributed by atoms with Crippen LogP contribution < -0.4 is 10.6 Å². The van der Waals surface area contributed by atoms with Gasteiger partial charge in [0.15, 0.2) is 0 Å². The molecule has 2 N–H and O–H groups in total. The molecule has 0 bridgehead atoms. The van der Waals surface area contributed by atoms with Crippen LogP contribution in [0.2, 0.25) is 0 Å². The number of anilines is 1. The Bertz CT molecular complexity index is 769. The van der Waals surface area contributed by atoms with Crippen molar-refractivity contribution in [2.75, 3.05) is 5.32 Å². The molecule has 0 fully saturated rings. The molecule has 0 aliphatic heterocycles. The Hall–Kier alpha value is -3.13. The molecule has 0 atom stereocenters. The predicted molar refractivity (Wildman–Crippen MR) is 98.6 cm³/mol. The molecule has 0 spiro atoms. The highest BCUT2D eigenvalue weighted by molar-refractivity contribution is 5.97. The number of hydrogen-bond acceptors (Lipinski definition) is 4. The van der Waals surface area contributed by atoms with Crippen LogP contribution in [0.1, 0.15) is 30.5 Å². The van der Waals surface area contributed by atoms with E-state index in [2.05, 4.69) is 29.5 Å². The van der Waals surface area contributed by atoms with Crippen molar-refractivity contribution >= 4 is 11.6 Å². The quantitative estimate of drug-likeness (QED) is 0.601. The normalized spacial score (nSPS) is 10.8.